The molecular formula is C30H28N2O4. The number of anilines is 1. The van der Waals surface area contributed by atoms with Crippen LogP contribution < -0.4 is 4.90 Å². The molecule has 1 aliphatic heterocycles. The number of imide groups is 1. The lowest BCUT2D eigenvalue weighted by Crippen LogP contribution is -2.31. The van der Waals surface area contributed by atoms with E-state index >= 15 is 0 Å². The molecule has 5 rings (SSSR count). The normalized spacial score (nSPS) is 14.0. The summed E-state index contributed by atoms with van der Waals surface area (Å²) >= 11 is 0. The molecule has 1 aliphatic rings. The highest BCUT2D eigenvalue weighted by atomic mass is 16.6. The standard InChI is InChI=1S/C30H28N2O4/c1-29(2,3)21-16-23(32-26(33)18-12-8-9-13-19(18)27(32)34)25-20(24(21)28(35)36-30(4,5)6)15-17-11-7-10-14-22(17)31-25/h7-16H,1-6H3. The molecule has 0 saturated heterocycles. The molecule has 2 heterocycles. The second kappa shape index (κ2) is 7.98. The first-order valence-electron chi connectivity index (χ1n) is 11.9. The first-order chi connectivity index (χ1) is 16.9. The van der Waals surface area contributed by atoms with Gasteiger partial charge in [-0.05, 0) is 62.1 Å². The predicted molar refractivity (Wildman–Crippen MR) is 141 cm³/mol. The maximum atomic E-state index is 13.6. The van der Waals surface area contributed by atoms with Gasteiger partial charge >= 0.3 is 5.97 Å². The summed E-state index contributed by atoms with van der Waals surface area (Å²) in [4.78, 5) is 46.6. The number of ether oxygens (including phenoxy) is 1. The van der Waals surface area contributed by atoms with E-state index in [9.17, 15) is 14.4 Å². The summed E-state index contributed by atoms with van der Waals surface area (Å²) in [6.45, 7) is 11.4. The van der Waals surface area contributed by atoms with Crippen LogP contribution in [0.15, 0.2) is 60.7 Å². The maximum Gasteiger partial charge on any atom is 0.339 e. The second-order valence-electron chi connectivity index (χ2n) is 11.1. The fourth-order valence-electron chi connectivity index (χ4n) is 4.64. The number of hydrogen-bond acceptors (Lipinski definition) is 5. The first-order valence-corrected chi connectivity index (χ1v) is 11.9. The molecule has 0 unspecified atom stereocenters. The highest BCUT2D eigenvalue weighted by molar-refractivity contribution is 6.36. The number of fused-ring (bicyclic) bond motifs is 3. The number of carbonyl (C=O) groups excluding carboxylic acids is 3. The lowest BCUT2D eigenvalue weighted by molar-refractivity contribution is 0.00692. The van der Waals surface area contributed by atoms with E-state index in [0.29, 0.717) is 44.4 Å². The van der Waals surface area contributed by atoms with Gasteiger partial charge in [-0.2, -0.15) is 0 Å². The van der Waals surface area contributed by atoms with E-state index in [4.69, 9.17) is 9.72 Å². The van der Waals surface area contributed by atoms with Crippen molar-refractivity contribution in [1.82, 2.24) is 4.98 Å². The molecule has 1 aromatic heterocycles. The summed E-state index contributed by atoms with van der Waals surface area (Å²) in [5.41, 5.74) is 2.02. The highest BCUT2D eigenvalue weighted by Gasteiger charge is 2.39. The first kappa shape index (κ1) is 23.7. The van der Waals surface area contributed by atoms with Crippen LogP contribution in [0.5, 0.6) is 0 Å². The number of carbonyl (C=O) groups is 3. The summed E-state index contributed by atoms with van der Waals surface area (Å²) < 4.78 is 5.82. The second-order valence-corrected chi connectivity index (χ2v) is 11.1. The van der Waals surface area contributed by atoms with Crippen molar-refractivity contribution >= 4 is 45.3 Å². The van der Waals surface area contributed by atoms with Crippen LogP contribution in [0.4, 0.5) is 5.69 Å². The van der Waals surface area contributed by atoms with Gasteiger partial charge in [-0.1, -0.05) is 51.1 Å². The molecule has 0 saturated carbocycles. The molecule has 3 aromatic carbocycles. The third-order valence-corrected chi connectivity index (χ3v) is 6.23. The summed E-state index contributed by atoms with van der Waals surface area (Å²) in [5.74, 6) is -1.28. The van der Waals surface area contributed by atoms with Gasteiger partial charge in [0.25, 0.3) is 11.8 Å². The Hall–Kier alpha value is -4.06. The van der Waals surface area contributed by atoms with E-state index in [-0.39, 0.29) is 0 Å². The van der Waals surface area contributed by atoms with E-state index in [1.807, 2.05) is 71.9 Å². The molecule has 36 heavy (non-hydrogen) atoms. The Labute approximate surface area is 209 Å². The number of rotatable bonds is 2. The minimum atomic E-state index is -0.704. The molecule has 0 aliphatic carbocycles. The van der Waals surface area contributed by atoms with Crippen molar-refractivity contribution in [2.45, 2.75) is 52.6 Å². The molecule has 2 amide bonds. The zero-order chi connectivity index (χ0) is 26.0. The molecule has 4 aromatic rings. The van der Waals surface area contributed by atoms with Gasteiger partial charge in [-0.15, -0.1) is 0 Å². The molecule has 0 spiro atoms. The number of pyridine rings is 1. The third-order valence-electron chi connectivity index (χ3n) is 6.23. The summed E-state index contributed by atoms with van der Waals surface area (Å²) in [7, 11) is 0. The van der Waals surface area contributed by atoms with E-state index in [2.05, 4.69) is 0 Å². The Bertz CT molecular complexity index is 1550. The Kier molecular flexibility index (Phi) is 5.25. The van der Waals surface area contributed by atoms with Crippen LogP contribution in [-0.4, -0.2) is 28.4 Å². The molecule has 6 nitrogen and oxygen atoms in total. The molecule has 0 N–H and O–H groups in total. The van der Waals surface area contributed by atoms with Crippen LogP contribution in [0.2, 0.25) is 0 Å². The van der Waals surface area contributed by atoms with E-state index in [1.165, 1.54) is 4.90 Å². The molecule has 182 valence electrons. The minimum Gasteiger partial charge on any atom is -0.456 e. The van der Waals surface area contributed by atoms with Gasteiger partial charge in [0.05, 0.1) is 33.4 Å². The van der Waals surface area contributed by atoms with E-state index < -0.39 is 28.8 Å². The molecule has 6 heteroatoms. The van der Waals surface area contributed by atoms with Gasteiger partial charge in [-0.25, -0.2) is 14.7 Å². The minimum absolute atomic E-state index is 0.352. The van der Waals surface area contributed by atoms with Crippen molar-refractivity contribution < 1.29 is 19.1 Å². The monoisotopic (exact) mass is 480 g/mol. The van der Waals surface area contributed by atoms with Crippen molar-refractivity contribution in [1.29, 1.82) is 0 Å². The van der Waals surface area contributed by atoms with Crippen molar-refractivity contribution in [3.05, 3.63) is 82.9 Å². The smallest absolute Gasteiger partial charge is 0.339 e. The zero-order valence-electron chi connectivity index (χ0n) is 21.3. The van der Waals surface area contributed by atoms with Gasteiger partial charge in [-0.3, -0.25) is 9.59 Å². The van der Waals surface area contributed by atoms with E-state index in [1.54, 1.807) is 30.3 Å². The Morgan fingerprint density at radius 3 is 2.00 bits per heavy atom. The molecule has 0 fully saturated rings. The number of para-hydroxylation sites is 1. The number of benzene rings is 3. The van der Waals surface area contributed by atoms with Gasteiger partial charge in [0, 0.05) is 10.8 Å². The molecule has 0 bridgehead atoms. The van der Waals surface area contributed by atoms with Crippen molar-refractivity contribution in [2.24, 2.45) is 0 Å². The number of hydrogen-bond donors (Lipinski definition) is 0. The quantitative estimate of drug-likeness (QED) is 0.187. The highest BCUT2D eigenvalue weighted by Crippen LogP contribution is 2.41. The Balaban J connectivity index is 1.89. The molecular weight excluding hydrogens is 452 g/mol. The molecule has 0 atom stereocenters. The SMILES string of the molecule is CC(C)(C)OC(=O)c1c(C(C)(C)C)cc(N2C(=O)c3ccccc3C2=O)c2nc3ccccc3cc12. The lowest BCUT2D eigenvalue weighted by Gasteiger charge is -2.28. The Morgan fingerprint density at radius 2 is 1.42 bits per heavy atom. The summed E-state index contributed by atoms with van der Waals surface area (Å²) in [6.07, 6.45) is 0. The number of amides is 2. The van der Waals surface area contributed by atoms with Crippen LogP contribution in [0.3, 0.4) is 0 Å². The van der Waals surface area contributed by atoms with Crippen molar-refractivity contribution in [3.8, 4) is 0 Å². The average molecular weight is 481 g/mol. The van der Waals surface area contributed by atoms with Crippen molar-refractivity contribution in [2.75, 3.05) is 4.90 Å². The topological polar surface area (TPSA) is 76.6 Å². The van der Waals surface area contributed by atoms with Crippen molar-refractivity contribution in [3.63, 3.8) is 0 Å². The van der Waals surface area contributed by atoms with E-state index in [0.717, 1.165) is 5.39 Å². The molecule has 0 radical (unpaired) electrons. The van der Waals surface area contributed by atoms with Crippen LogP contribution in [0.1, 0.15) is 78.2 Å². The largest absolute Gasteiger partial charge is 0.456 e. The predicted octanol–water partition coefficient (Wildman–Crippen LogP) is 6.44. The number of aromatic nitrogens is 1. The van der Waals surface area contributed by atoms with Crippen LogP contribution in [0, 0.1) is 0 Å². The summed E-state index contributed by atoms with van der Waals surface area (Å²) in [5, 5.41) is 1.39. The van der Waals surface area contributed by atoms with Crippen LogP contribution >= 0.6 is 0 Å². The maximum absolute atomic E-state index is 13.6. The zero-order valence-corrected chi connectivity index (χ0v) is 21.3. The fourth-order valence-corrected chi connectivity index (χ4v) is 4.64. The number of nitrogens with zero attached hydrogens (tertiary/aromatic N) is 2. The summed E-state index contributed by atoms with van der Waals surface area (Å²) in [6, 6.07) is 18.0. The Morgan fingerprint density at radius 1 is 0.833 bits per heavy atom. The fraction of sp³-hybridized carbons (Fsp3) is 0.267. The van der Waals surface area contributed by atoms with Gasteiger partial charge in [0.15, 0.2) is 0 Å². The van der Waals surface area contributed by atoms with Gasteiger partial charge in [0.2, 0.25) is 0 Å². The van der Waals surface area contributed by atoms with Crippen LogP contribution in [-0.2, 0) is 10.2 Å². The average Bonchev–Trinajstić information content (AvgIpc) is 3.05. The number of esters is 1. The van der Waals surface area contributed by atoms with Crippen LogP contribution in [0.25, 0.3) is 21.8 Å². The van der Waals surface area contributed by atoms with Gasteiger partial charge < -0.3 is 4.74 Å². The van der Waals surface area contributed by atoms with Gasteiger partial charge in [0.1, 0.15) is 5.60 Å². The lowest BCUT2D eigenvalue weighted by atomic mass is 9.81. The third kappa shape index (κ3) is 3.83.